The normalized spacial score (nSPS) is 11.0. The van der Waals surface area contributed by atoms with E-state index in [0.29, 0.717) is 11.0 Å². The Morgan fingerprint density at radius 2 is 2.23 bits per heavy atom. The quantitative estimate of drug-likeness (QED) is 0.787. The molecule has 1 amide bonds. The van der Waals surface area contributed by atoms with Gasteiger partial charge in [0.05, 0.1) is 10.2 Å². The zero-order valence-electron chi connectivity index (χ0n) is 12.4. The van der Waals surface area contributed by atoms with Gasteiger partial charge in [0.15, 0.2) is 5.13 Å². The molecule has 0 unspecified atom stereocenters. The summed E-state index contributed by atoms with van der Waals surface area (Å²) in [5.41, 5.74) is 3.07. The minimum atomic E-state index is -0.275. The van der Waals surface area contributed by atoms with Crippen LogP contribution in [0.25, 0.3) is 15.8 Å². The molecular weight excluding hydrogens is 296 g/mol. The highest BCUT2D eigenvalue weighted by Crippen LogP contribution is 2.30. The van der Waals surface area contributed by atoms with Crippen molar-refractivity contribution in [1.82, 2.24) is 14.5 Å². The van der Waals surface area contributed by atoms with Gasteiger partial charge in [-0.3, -0.25) is 9.88 Å². The maximum absolute atomic E-state index is 12.0. The number of allylic oxidation sites excluding steroid dienone is 1. The van der Waals surface area contributed by atoms with E-state index < -0.39 is 0 Å². The third kappa shape index (κ3) is 2.78. The molecule has 0 aliphatic carbocycles. The van der Waals surface area contributed by atoms with Crippen molar-refractivity contribution < 1.29 is 4.79 Å². The fourth-order valence-electron chi connectivity index (χ4n) is 2.05. The van der Waals surface area contributed by atoms with Gasteiger partial charge < -0.3 is 0 Å². The number of carbonyl (C=O) groups excluding carboxylic acids is 1. The number of fused-ring (bicyclic) bond motifs is 1. The van der Waals surface area contributed by atoms with Crippen molar-refractivity contribution >= 4 is 38.3 Å². The number of amides is 1. The van der Waals surface area contributed by atoms with Crippen LogP contribution < -0.4 is 5.32 Å². The molecule has 0 saturated heterocycles. The summed E-state index contributed by atoms with van der Waals surface area (Å²) in [6.45, 7) is 8.37. The average Bonchev–Trinajstić information content (AvgIpc) is 3.14. The van der Waals surface area contributed by atoms with E-state index in [0.717, 1.165) is 21.4 Å². The Hall–Kier alpha value is -2.47. The maximum atomic E-state index is 12.0. The number of hydrogen-bond donors (Lipinski definition) is 1. The van der Waals surface area contributed by atoms with Gasteiger partial charge in [-0.25, -0.2) is 14.8 Å². The second-order valence-electron chi connectivity index (χ2n) is 5.28. The lowest BCUT2D eigenvalue weighted by molar-refractivity contribution is 0.253. The molecule has 0 aliphatic heterocycles. The SMILES string of the molecule is C=C(c1ccc2nc(NC(=O)n3ccnc3)sc2c1)C(C)C. The standard InChI is InChI=1S/C16H16N4OS/c1-10(2)11(3)12-4-5-13-14(8-12)22-15(18-13)19-16(21)20-7-6-17-9-20/h4-10H,3H2,1-2H3,(H,18,19,21). The van der Waals surface area contributed by atoms with Gasteiger partial charge in [0.1, 0.15) is 6.33 Å². The molecular formula is C16H16N4OS. The second-order valence-corrected chi connectivity index (χ2v) is 6.31. The van der Waals surface area contributed by atoms with Gasteiger partial charge >= 0.3 is 6.03 Å². The van der Waals surface area contributed by atoms with Crippen molar-refractivity contribution in [3.05, 3.63) is 49.1 Å². The van der Waals surface area contributed by atoms with Crippen molar-refractivity contribution in [3.8, 4) is 0 Å². The molecule has 0 spiro atoms. The molecule has 22 heavy (non-hydrogen) atoms. The number of hydrogen-bond acceptors (Lipinski definition) is 4. The topological polar surface area (TPSA) is 59.8 Å². The van der Waals surface area contributed by atoms with Crippen LogP contribution in [-0.2, 0) is 0 Å². The van der Waals surface area contributed by atoms with Crippen LogP contribution in [0.1, 0.15) is 19.4 Å². The molecule has 2 heterocycles. The predicted molar refractivity (Wildman–Crippen MR) is 90.1 cm³/mol. The average molecular weight is 312 g/mol. The minimum absolute atomic E-state index is 0.275. The van der Waals surface area contributed by atoms with E-state index in [2.05, 4.69) is 41.8 Å². The van der Waals surface area contributed by atoms with E-state index in [4.69, 9.17) is 0 Å². The van der Waals surface area contributed by atoms with E-state index in [1.807, 2.05) is 12.1 Å². The summed E-state index contributed by atoms with van der Waals surface area (Å²) >= 11 is 1.45. The third-order valence-corrected chi connectivity index (χ3v) is 4.34. The van der Waals surface area contributed by atoms with E-state index in [-0.39, 0.29) is 6.03 Å². The largest absolute Gasteiger partial charge is 0.333 e. The van der Waals surface area contributed by atoms with Crippen LogP contribution >= 0.6 is 11.3 Å². The molecule has 2 aromatic heterocycles. The molecule has 0 atom stereocenters. The van der Waals surface area contributed by atoms with Gasteiger partial charge in [-0.1, -0.05) is 37.8 Å². The number of anilines is 1. The summed E-state index contributed by atoms with van der Waals surface area (Å²) in [6.07, 6.45) is 4.60. The lowest BCUT2D eigenvalue weighted by Crippen LogP contribution is -2.17. The molecule has 5 nitrogen and oxygen atoms in total. The minimum Gasteiger partial charge on any atom is -0.283 e. The Bertz CT molecular complexity index is 833. The van der Waals surface area contributed by atoms with Crippen LogP contribution in [0.3, 0.4) is 0 Å². The van der Waals surface area contributed by atoms with Gasteiger partial charge in [-0.2, -0.15) is 0 Å². The first-order valence-electron chi connectivity index (χ1n) is 6.93. The molecule has 0 fully saturated rings. The monoisotopic (exact) mass is 312 g/mol. The number of carbonyl (C=O) groups is 1. The second kappa shape index (κ2) is 5.73. The lowest BCUT2D eigenvalue weighted by Gasteiger charge is -2.08. The lowest BCUT2D eigenvalue weighted by atomic mass is 9.97. The van der Waals surface area contributed by atoms with Crippen LogP contribution in [0, 0.1) is 5.92 Å². The fourth-order valence-corrected chi connectivity index (χ4v) is 2.94. The molecule has 1 N–H and O–H groups in total. The van der Waals surface area contributed by atoms with Crippen molar-refractivity contribution in [2.75, 3.05) is 5.32 Å². The first-order valence-corrected chi connectivity index (χ1v) is 7.75. The van der Waals surface area contributed by atoms with Crippen molar-refractivity contribution in [2.24, 2.45) is 5.92 Å². The number of thiazole rings is 1. The Balaban J connectivity index is 1.87. The first kappa shape index (κ1) is 14.5. The molecule has 112 valence electrons. The van der Waals surface area contributed by atoms with Gasteiger partial charge in [0.2, 0.25) is 0 Å². The molecule has 0 radical (unpaired) electrons. The highest BCUT2D eigenvalue weighted by Gasteiger charge is 2.11. The summed E-state index contributed by atoms with van der Waals surface area (Å²) in [5.74, 6) is 0.394. The first-order chi connectivity index (χ1) is 10.5. The van der Waals surface area contributed by atoms with Crippen molar-refractivity contribution in [2.45, 2.75) is 13.8 Å². The van der Waals surface area contributed by atoms with E-state index in [1.165, 1.54) is 22.2 Å². The summed E-state index contributed by atoms with van der Waals surface area (Å²) in [4.78, 5) is 20.3. The summed E-state index contributed by atoms with van der Waals surface area (Å²) in [7, 11) is 0. The molecule has 6 heteroatoms. The van der Waals surface area contributed by atoms with Gasteiger partial charge in [-0.05, 0) is 29.2 Å². The Morgan fingerprint density at radius 1 is 1.41 bits per heavy atom. The molecule has 1 aromatic carbocycles. The van der Waals surface area contributed by atoms with Gasteiger partial charge in [-0.15, -0.1) is 0 Å². The van der Waals surface area contributed by atoms with E-state index in [1.54, 1.807) is 12.4 Å². The molecule has 0 bridgehead atoms. The smallest absolute Gasteiger partial charge is 0.283 e. The number of nitrogens with zero attached hydrogens (tertiary/aromatic N) is 3. The van der Waals surface area contributed by atoms with Crippen molar-refractivity contribution in [1.29, 1.82) is 0 Å². The Kier molecular flexibility index (Phi) is 3.77. The van der Waals surface area contributed by atoms with Crippen LogP contribution in [0.4, 0.5) is 9.93 Å². The number of aromatic nitrogens is 3. The van der Waals surface area contributed by atoms with Crippen LogP contribution in [0.5, 0.6) is 0 Å². The summed E-state index contributed by atoms with van der Waals surface area (Å²) in [6, 6.07) is 5.78. The van der Waals surface area contributed by atoms with Crippen LogP contribution in [0.2, 0.25) is 0 Å². The Labute approximate surface area is 132 Å². The number of imidazole rings is 1. The molecule has 0 saturated carbocycles. The highest BCUT2D eigenvalue weighted by molar-refractivity contribution is 7.22. The molecule has 3 aromatic rings. The highest BCUT2D eigenvalue weighted by atomic mass is 32.1. The van der Waals surface area contributed by atoms with Gasteiger partial charge in [0, 0.05) is 12.4 Å². The predicted octanol–water partition coefficient (Wildman–Crippen LogP) is 4.24. The molecule has 3 rings (SSSR count). The maximum Gasteiger partial charge on any atom is 0.333 e. The fraction of sp³-hybridized carbons (Fsp3) is 0.188. The third-order valence-electron chi connectivity index (χ3n) is 3.41. The number of benzene rings is 1. The molecule has 0 aliphatic rings. The van der Waals surface area contributed by atoms with Crippen LogP contribution in [0.15, 0.2) is 43.5 Å². The van der Waals surface area contributed by atoms with E-state index >= 15 is 0 Å². The summed E-state index contributed by atoms with van der Waals surface area (Å²) in [5, 5.41) is 3.34. The number of nitrogens with one attached hydrogen (secondary N) is 1. The van der Waals surface area contributed by atoms with Crippen molar-refractivity contribution in [3.63, 3.8) is 0 Å². The number of rotatable bonds is 3. The van der Waals surface area contributed by atoms with Gasteiger partial charge in [0.25, 0.3) is 0 Å². The van der Waals surface area contributed by atoms with Crippen LogP contribution in [-0.4, -0.2) is 20.6 Å². The zero-order chi connectivity index (χ0) is 15.7. The van der Waals surface area contributed by atoms with E-state index in [9.17, 15) is 4.79 Å². The zero-order valence-corrected chi connectivity index (χ0v) is 13.2. The Morgan fingerprint density at radius 3 is 2.91 bits per heavy atom. The summed E-state index contributed by atoms with van der Waals surface area (Å²) < 4.78 is 2.40.